The Morgan fingerprint density at radius 1 is 1.21 bits per heavy atom. The van der Waals surface area contributed by atoms with Crippen molar-refractivity contribution in [1.82, 2.24) is 4.98 Å². The van der Waals surface area contributed by atoms with E-state index in [1.807, 2.05) is 18.2 Å². The molecule has 0 unspecified atom stereocenters. The molecule has 0 amide bonds. The van der Waals surface area contributed by atoms with Gasteiger partial charge in [0.05, 0.1) is 13.2 Å². The zero-order chi connectivity index (χ0) is 13.5. The fourth-order valence-electron chi connectivity index (χ4n) is 1.77. The van der Waals surface area contributed by atoms with E-state index in [2.05, 4.69) is 4.98 Å². The van der Waals surface area contributed by atoms with E-state index in [9.17, 15) is 4.39 Å². The maximum atomic E-state index is 13.5. The maximum absolute atomic E-state index is 13.5. The van der Waals surface area contributed by atoms with Crippen LogP contribution in [0.4, 0.5) is 4.39 Å². The van der Waals surface area contributed by atoms with Gasteiger partial charge in [0.1, 0.15) is 5.82 Å². The van der Waals surface area contributed by atoms with Crippen molar-refractivity contribution in [3.63, 3.8) is 0 Å². The van der Waals surface area contributed by atoms with E-state index in [1.54, 1.807) is 18.3 Å². The van der Waals surface area contributed by atoms with Gasteiger partial charge in [0.2, 0.25) is 0 Å². The second kappa shape index (κ2) is 6.97. The molecule has 1 aromatic heterocycles. The van der Waals surface area contributed by atoms with E-state index < -0.39 is 0 Å². The number of rotatable bonds is 6. The van der Waals surface area contributed by atoms with Crippen LogP contribution >= 0.6 is 0 Å². The molecule has 0 bridgehead atoms. The first-order valence-electron chi connectivity index (χ1n) is 6.24. The van der Waals surface area contributed by atoms with Crippen LogP contribution in [0.2, 0.25) is 0 Å². The molecule has 0 aliphatic carbocycles. The zero-order valence-electron chi connectivity index (χ0n) is 10.7. The van der Waals surface area contributed by atoms with Gasteiger partial charge in [-0.1, -0.05) is 12.1 Å². The van der Waals surface area contributed by atoms with E-state index in [1.165, 1.54) is 6.07 Å². The molecule has 0 fully saturated rings. The molecule has 0 saturated carbocycles. The SMILES string of the molecule is NCc1ccc(F)c(COCCc2ccccn2)c1. The summed E-state index contributed by atoms with van der Waals surface area (Å²) in [5, 5.41) is 0. The third-order valence-corrected chi connectivity index (χ3v) is 2.83. The Labute approximate surface area is 112 Å². The zero-order valence-corrected chi connectivity index (χ0v) is 10.7. The molecule has 0 atom stereocenters. The summed E-state index contributed by atoms with van der Waals surface area (Å²) in [7, 11) is 0. The Balaban J connectivity index is 1.82. The third kappa shape index (κ3) is 4.12. The van der Waals surface area contributed by atoms with Crippen LogP contribution < -0.4 is 5.73 Å². The summed E-state index contributed by atoms with van der Waals surface area (Å²) in [5.41, 5.74) is 7.95. The van der Waals surface area contributed by atoms with Gasteiger partial charge < -0.3 is 10.5 Å². The molecule has 4 heteroatoms. The smallest absolute Gasteiger partial charge is 0.128 e. The molecule has 0 spiro atoms. The van der Waals surface area contributed by atoms with Crippen molar-refractivity contribution >= 4 is 0 Å². The number of halogens is 1. The van der Waals surface area contributed by atoms with E-state index in [0.717, 1.165) is 17.7 Å². The Bertz CT molecular complexity index is 517. The van der Waals surface area contributed by atoms with Gasteiger partial charge in [0.15, 0.2) is 0 Å². The topological polar surface area (TPSA) is 48.1 Å². The normalized spacial score (nSPS) is 10.6. The number of benzene rings is 1. The van der Waals surface area contributed by atoms with Crippen LogP contribution in [0.5, 0.6) is 0 Å². The van der Waals surface area contributed by atoms with E-state index >= 15 is 0 Å². The van der Waals surface area contributed by atoms with Crippen molar-refractivity contribution in [1.29, 1.82) is 0 Å². The van der Waals surface area contributed by atoms with Crippen molar-refractivity contribution < 1.29 is 9.13 Å². The van der Waals surface area contributed by atoms with E-state index in [-0.39, 0.29) is 12.4 Å². The number of nitrogens with two attached hydrogens (primary N) is 1. The average Bonchev–Trinajstić information content (AvgIpc) is 2.46. The standard InChI is InChI=1S/C15H17FN2O/c16-15-5-4-12(10-17)9-13(15)11-19-8-6-14-3-1-2-7-18-14/h1-5,7,9H,6,8,10-11,17H2. The predicted octanol–water partition coefficient (Wildman–Crippen LogP) is 2.44. The van der Waals surface area contributed by atoms with Gasteiger partial charge in [-0.2, -0.15) is 0 Å². The Kier molecular flexibility index (Phi) is 5.01. The molecule has 2 N–H and O–H groups in total. The highest BCUT2D eigenvalue weighted by molar-refractivity contribution is 5.24. The van der Waals surface area contributed by atoms with Crippen LogP contribution in [0, 0.1) is 5.82 Å². The Hall–Kier alpha value is -1.78. The Morgan fingerprint density at radius 2 is 2.11 bits per heavy atom. The molecule has 1 aromatic carbocycles. The van der Waals surface area contributed by atoms with Crippen LogP contribution in [-0.2, 0) is 24.3 Å². The molecule has 0 aliphatic rings. The van der Waals surface area contributed by atoms with Crippen molar-refractivity contribution in [2.45, 2.75) is 19.6 Å². The van der Waals surface area contributed by atoms with Crippen LogP contribution in [0.15, 0.2) is 42.6 Å². The second-order valence-electron chi connectivity index (χ2n) is 4.25. The fourth-order valence-corrected chi connectivity index (χ4v) is 1.77. The fraction of sp³-hybridized carbons (Fsp3) is 0.267. The minimum Gasteiger partial charge on any atom is -0.376 e. The van der Waals surface area contributed by atoms with Crippen molar-refractivity contribution in [2.24, 2.45) is 5.73 Å². The lowest BCUT2D eigenvalue weighted by molar-refractivity contribution is 0.121. The number of pyridine rings is 1. The van der Waals surface area contributed by atoms with Gasteiger partial charge in [-0.05, 0) is 29.8 Å². The molecule has 100 valence electrons. The molecule has 0 radical (unpaired) electrons. The van der Waals surface area contributed by atoms with E-state index in [4.69, 9.17) is 10.5 Å². The highest BCUT2D eigenvalue weighted by Gasteiger charge is 2.03. The van der Waals surface area contributed by atoms with Crippen LogP contribution in [0.1, 0.15) is 16.8 Å². The summed E-state index contributed by atoms with van der Waals surface area (Å²) in [6, 6.07) is 10.6. The first kappa shape index (κ1) is 13.6. The molecule has 1 heterocycles. The Morgan fingerprint density at radius 3 is 2.84 bits per heavy atom. The summed E-state index contributed by atoms with van der Waals surface area (Å²) in [6.45, 7) is 1.18. The quantitative estimate of drug-likeness (QED) is 0.811. The predicted molar refractivity (Wildman–Crippen MR) is 71.9 cm³/mol. The summed E-state index contributed by atoms with van der Waals surface area (Å²) in [5.74, 6) is -0.255. The van der Waals surface area contributed by atoms with Gasteiger partial charge in [0, 0.05) is 30.4 Å². The number of hydrogen-bond acceptors (Lipinski definition) is 3. The van der Waals surface area contributed by atoms with Crippen LogP contribution in [0.3, 0.4) is 0 Å². The first-order valence-corrected chi connectivity index (χ1v) is 6.24. The largest absolute Gasteiger partial charge is 0.376 e. The van der Waals surface area contributed by atoms with Crippen LogP contribution in [-0.4, -0.2) is 11.6 Å². The molecule has 19 heavy (non-hydrogen) atoms. The molecule has 2 rings (SSSR count). The lowest BCUT2D eigenvalue weighted by Gasteiger charge is -2.07. The van der Waals surface area contributed by atoms with Gasteiger partial charge in [0.25, 0.3) is 0 Å². The number of ether oxygens (including phenoxy) is 1. The van der Waals surface area contributed by atoms with Gasteiger partial charge in [-0.15, -0.1) is 0 Å². The molecular formula is C15H17FN2O. The summed E-state index contributed by atoms with van der Waals surface area (Å²) in [4.78, 5) is 4.20. The number of nitrogens with zero attached hydrogens (tertiary/aromatic N) is 1. The summed E-state index contributed by atoms with van der Waals surface area (Å²) in [6.07, 6.45) is 2.47. The highest BCUT2D eigenvalue weighted by atomic mass is 19.1. The van der Waals surface area contributed by atoms with Gasteiger partial charge in [-0.25, -0.2) is 4.39 Å². The van der Waals surface area contributed by atoms with Crippen molar-refractivity contribution in [3.05, 3.63) is 65.2 Å². The first-order chi connectivity index (χ1) is 9.29. The minimum atomic E-state index is -0.255. The van der Waals surface area contributed by atoms with Gasteiger partial charge in [-0.3, -0.25) is 4.98 Å². The molecular weight excluding hydrogens is 243 g/mol. The minimum absolute atomic E-state index is 0.255. The molecule has 2 aromatic rings. The highest BCUT2D eigenvalue weighted by Crippen LogP contribution is 2.11. The monoisotopic (exact) mass is 260 g/mol. The maximum Gasteiger partial charge on any atom is 0.128 e. The van der Waals surface area contributed by atoms with Gasteiger partial charge >= 0.3 is 0 Å². The van der Waals surface area contributed by atoms with Crippen LogP contribution in [0.25, 0.3) is 0 Å². The number of aromatic nitrogens is 1. The molecule has 0 aliphatic heterocycles. The third-order valence-electron chi connectivity index (χ3n) is 2.83. The average molecular weight is 260 g/mol. The van der Waals surface area contributed by atoms with E-state index in [0.29, 0.717) is 18.7 Å². The van der Waals surface area contributed by atoms with Crippen molar-refractivity contribution in [3.8, 4) is 0 Å². The number of hydrogen-bond donors (Lipinski definition) is 1. The molecule has 0 saturated heterocycles. The lowest BCUT2D eigenvalue weighted by Crippen LogP contribution is -2.04. The lowest BCUT2D eigenvalue weighted by atomic mass is 10.1. The molecule has 3 nitrogen and oxygen atoms in total. The van der Waals surface area contributed by atoms with Crippen molar-refractivity contribution in [2.75, 3.05) is 6.61 Å². The summed E-state index contributed by atoms with van der Waals surface area (Å²) < 4.78 is 19.0. The summed E-state index contributed by atoms with van der Waals surface area (Å²) >= 11 is 0. The second-order valence-corrected chi connectivity index (χ2v) is 4.25.